The van der Waals surface area contributed by atoms with Crippen LogP contribution in [-0.4, -0.2) is 39.8 Å². The van der Waals surface area contributed by atoms with Crippen molar-refractivity contribution in [2.45, 2.75) is 50.2 Å². The number of halogens is 1. The quantitative estimate of drug-likeness (QED) is 0.349. The van der Waals surface area contributed by atoms with Crippen LogP contribution < -0.4 is 10.2 Å². The maximum atomic E-state index is 14.2. The van der Waals surface area contributed by atoms with Crippen molar-refractivity contribution in [1.29, 1.82) is 0 Å². The van der Waals surface area contributed by atoms with Crippen molar-refractivity contribution in [3.05, 3.63) is 101 Å². The van der Waals surface area contributed by atoms with Crippen LogP contribution in [0.15, 0.2) is 72.8 Å². The Hall–Kier alpha value is -4.46. The molecule has 1 saturated carbocycles. The Bertz CT molecular complexity index is 1620. The number of amides is 4. The fourth-order valence-electron chi connectivity index (χ4n) is 6.48. The molecule has 2 fully saturated rings. The van der Waals surface area contributed by atoms with Gasteiger partial charge in [-0.1, -0.05) is 55.3 Å². The van der Waals surface area contributed by atoms with E-state index in [1.54, 1.807) is 41.3 Å². The summed E-state index contributed by atoms with van der Waals surface area (Å²) in [4.78, 5) is 47.7. The van der Waals surface area contributed by atoms with Crippen molar-refractivity contribution < 1.29 is 18.8 Å². The number of benzene rings is 3. The number of carbonyl (C=O) groups excluding carboxylic acids is 3. The second-order valence-electron chi connectivity index (χ2n) is 10.6. The van der Waals surface area contributed by atoms with Gasteiger partial charge in [0.2, 0.25) is 0 Å². The Balaban J connectivity index is 1.32. The molecular weight excluding hydrogens is 495 g/mol. The summed E-state index contributed by atoms with van der Waals surface area (Å²) in [5.74, 6) is -1.03. The molecule has 3 heterocycles. The summed E-state index contributed by atoms with van der Waals surface area (Å²) in [5, 5.41) is 4.07. The molecule has 2 aliphatic heterocycles. The Morgan fingerprint density at radius 2 is 1.64 bits per heavy atom. The van der Waals surface area contributed by atoms with Gasteiger partial charge in [0.25, 0.3) is 11.8 Å². The minimum Gasteiger partial charge on any atom is -0.356 e. The highest BCUT2D eigenvalue weighted by Gasteiger charge is 2.53. The third kappa shape index (κ3) is 3.73. The number of hydrogen-bond donors (Lipinski definition) is 2. The highest BCUT2D eigenvalue weighted by Crippen LogP contribution is 2.45. The third-order valence-electron chi connectivity index (χ3n) is 8.31. The fraction of sp³-hybridized carbons (Fsp3) is 0.258. The molecule has 1 aromatic heterocycles. The first-order valence-electron chi connectivity index (χ1n) is 13.4. The number of rotatable bonds is 4. The van der Waals surface area contributed by atoms with E-state index in [0.29, 0.717) is 17.5 Å². The van der Waals surface area contributed by atoms with Crippen LogP contribution in [0.5, 0.6) is 0 Å². The van der Waals surface area contributed by atoms with E-state index < -0.39 is 18.1 Å². The molecule has 196 valence electrons. The zero-order valence-corrected chi connectivity index (χ0v) is 21.2. The number of nitrogens with one attached hydrogen (secondary N) is 2. The number of carbonyl (C=O) groups is 3. The second-order valence-corrected chi connectivity index (χ2v) is 10.6. The van der Waals surface area contributed by atoms with Crippen molar-refractivity contribution in [3.63, 3.8) is 0 Å². The number of anilines is 1. The van der Waals surface area contributed by atoms with Gasteiger partial charge in [-0.2, -0.15) is 0 Å². The van der Waals surface area contributed by atoms with Gasteiger partial charge in [0, 0.05) is 29.1 Å². The van der Waals surface area contributed by atoms with Gasteiger partial charge in [-0.3, -0.25) is 14.5 Å². The Morgan fingerprint density at radius 3 is 2.44 bits per heavy atom. The maximum Gasteiger partial charge on any atom is 0.332 e. The van der Waals surface area contributed by atoms with Crippen LogP contribution in [0, 0.1) is 5.82 Å². The van der Waals surface area contributed by atoms with Gasteiger partial charge in [-0.15, -0.1) is 0 Å². The second kappa shape index (κ2) is 9.08. The van der Waals surface area contributed by atoms with E-state index in [4.69, 9.17) is 0 Å². The van der Waals surface area contributed by atoms with Gasteiger partial charge in [0.15, 0.2) is 0 Å². The molecule has 0 spiro atoms. The summed E-state index contributed by atoms with van der Waals surface area (Å²) in [5.41, 5.74) is 3.98. The molecule has 3 aliphatic rings. The minimum atomic E-state index is -0.759. The molecule has 0 bridgehead atoms. The number of H-pyrrole nitrogens is 1. The van der Waals surface area contributed by atoms with E-state index >= 15 is 0 Å². The number of hydrogen-bond acceptors (Lipinski definition) is 3. The summed E-state index contributed by atoms with van der Waals surface area (Å²) in [6.07, 6.45) is 4.35. The molecule has 3 aromatic carbocycles. The van der Waals surface area contributed by atoms with Crippen LogP contribution in [0.25, 0.3) is 10.9 Å². The molecule has 2 N–H and O–H groups in total. The Labute approximate surface area is 224 Å². The van der Waals surface area contributed by atoms with Gasteiger partial charge < -0.3 is 10.3 Å². The molecular formula is C31H27FN4O3. The lowest BCUT2D eigenvalue weighted by Gasteiger charge is -2.36. The topological polar surface area (TPSA) is 85.5 Å². The van der Waals surface area contributed by atoms with Crippen molar-refractivity contribution in [3.8, 4) is 0 Å². The lowest BCUT2D eigenvalue weighted by atomic mass is 9.89. The zero-order chi connectivity index (χ0) is 26.7. The van der Waals surface area contributed by atoms with E-state index in [1.165, 1.54) is 12.1 Å². The molecule has 39 heavy (non-hydrogen) atoms. The van der Waals surface area contributed by atoms with Gasteiger partial charge >= 0.3 is 6.03 Å². The van der Waals surface area contributed by atoms with Crippen molar-refractivity contribution in [1.82, 2.24) is 15.2 Å². The molecule has 7 nitrogen and oxygen atoms in total. The number of urea groups is 1. The molecule has 0 radical (unpaired) electrons. The normalized spacial score (nSPS) is 20.9. The predicted molar refractivity (Wildman–Crippen MR) is 145 cm³/mol. The van der Waals surface area contributed by atoms with Crippen molar-refractivity contribution >= 4 is 34.4 Å². The highest BCUT2D eigenvalue weighted by atomic mass is 19.1. The number of para-hydroxylation sites is 2. The highest BCUT2D eigenvalue weighted by molar-refractivity contribution is 6.24. The van der Waals surface area contributed by atoms with Gasteiger partial charge in [0.1, 0.15) is 17.9 Å². The summed E-state index contributed by atoms with van der Waals surface area (Å²) in [6, 6.07) is 18.9. The van der Waals surface area contributed by atoms with Crippen LogP contribution in [0.4, 0.5) is 14.9 Å². The number of fused-ring (bicyclic) bond motifs is 4. The summed E-state index contributed by atoms with van der Waals surface area (Å²) < 4.78 is 13.9. The van der Waals surface area contributed by atoms with Gasteiger partial charge in [-0.05, 0) is 54.3 Å². The number of aromatic amines is 1. The first-order chi connectivity index (χ1) is 19.0. The first kappa shape index (κ1) is 23.6. The Morgan fingerprint density at radius 1 is 0.923 bits per heavy atom. The van der Waals surface area contributed by atoms with E-state index in [-0.39, 0.29) is 29.4 Å². The predicted octanol–water partition coefficient (Wildman–Crippen LogP) is 5.46. The molecule has 1 aliphatic carbocycles. The zero-order valence-electron chi connectivity index (χ0n) is 21.2. The van der Waals surface area contributed by atoms with Crippen molar-refractivity contribution in [2.24, 2.45) is 0 Å². The van der Waals surface area contributed by atoms with E-state index in [9.17, 15) is 18.8 Å². The minimum absolute atomic E-state index is 0.100. The summed E-state index contributed by atoms with van der Waals surface area (Å²) >= 11 is 0. The maximum absolute atomic E-state index is 14.2. The Kier molecular flexibility index (Phi) is 5.50. The van der Waals surface area contributed by atoms with Crippen LogP contribution in [0.3, 0.4) is 0 Å². The first-order valence-corrected chi connectivity index (χ1v) is 13.4. The smallest absolute Gasteiger partial charge is 0.332 e. The third-order valence-corrected chi connectivity index (χ3v) is 8.31. The SMILES string of the molecule is O=C(NC1CCCC1)c1ccccc1N1C(=O)[C@@H]2Cc3c([nH]c4ccccc34)[C@H](c3ccc(F)cc3)N2C1=O. The monoisotopic (exact) mass is 522 g/mol. The standard InChI is InChI=1S/C31H27FN4O3/c32-19-15-13-18(14-16-19)28-27-23(21-9-3-5-11-24(21)34-27)17-26-30(38)36(31(39)35(26)28)25-12-6-4-10-22(25)29(37)33-20-7-1-2-8-20/h3-6,9-16,20,26,28,34H,1-2,7-8,17H2,(H,33,37)/t26-,28-/m0/s1. The van der Waals surface area contributed by atoms with E-state index in [1.807, 2.05) is 24.3 Å². The van der Waals surface area contributed by atoms with Gasteiger partial charge in [0.05, 0.1) is 11.3 Å². The van der Waals surface area contributed by atoms with E-state index in [2.05, 4.69) is 10.3 Å². The lowest BCUT2D eigenvalue weighted by Crippen LogP contribution is -2.44. The molecule has 4 amide bonds. The molecule has 8 heteroatoms. The average molecular weight is 523 g/mol. The molecule has 7 rings (SSSR count). The van der Waals surface area contributed by atoms with Gasteiger partial charge in [-0.25, -0.2) is 14.1 Å². The summed E-state index contributed by atoms with van der Waals surface area (Å²) in [6.45, 7) is 0. The largest absolute Gasteiger partial charge is 0.356 e. The number of nitrogens with zero attached hydrogens (tertiary/aromatic N) is 2. The van der Waals surface area contributed by atoms with Crippen molar-refractivity contribution in [2.75, 3.05) is 4.90 Å². The number of aromatic nitrogens is 1. The van der Waals surface area contributed by atoms with Crippen LogP contribution in [0.2, 0.25) is 0 Å². The molecule has 2 atom stereocenters. The molecule has 0 unspecified atom stereocenters. The summed E-state index contributed by atoms with van der Waals surface area (Å²) in [7, 11) is 0. The average Bonchev–Trinajstić information content (AvgIpc) is 3.65. The van der Waals surface area contributed by atoms with E-state index in [0.717, 1.165) is 52.7 Å². The van der Waals surface area contributed by atoms with Crippen LogP contribution in [0.1, 0.15) is 58.9 Å². The molecule has 4 aromatic rings. The van der Waals surface area contributed by atoms with Crippen LogP contribution >= 0.6 is 0 Å². The van der Waals surface area contributed by atoms with Crippen LogP contribution in [-0.2, 0) is 11.2 Å². The number of imide groups is 1. The fourth-order valence-corrected chi connectivity index (χ4v) is 6.48. The molecule has 1 saturated heterocycles. The lowest BCUT2D eigenvalue weighted by molar-refractivity contribution is -0.120.